The number of hydrogen-bond donors (Lipinski definition) is 2. The van der Waals surface area contributed by atoms with E-state index in [0.29, 0.717) is 0 Å². The minimum atomic E-state index is -1.47. The number of phenolic OH excluding ortho intramolecular Hbond substituents is 1. The van der Waals surface area contributed by atoms with Crippen LogP contribution in [0, 0.1) is 10.1 Å². The monoisotopic (exact) mass is 303 g/mol. The predicted octanol–water partition coefficient (Wildman–Crippen LogP) is 2.72. The lowest BCUT2D eigenvalue weighted by molar-refractivity contribution is -0.385. The van der Waals surface area contributed by atoms with Crippen LogP contribution >= 0.6 is 0 Å². The summed E-state index contributed by atoms with van der Waals surface area (Å²) in [6, 6.07) is 11.2. The van der Waals surface area contributed by atoms with Crippen LogP contribution in [0.3, 0.4) is 0 Å². The van der Waals surface area contributed by atoms with Crippen molar-refractivity contribution in [2.45, 2.75) is 13.2 Å². The molecule has 0 saturated heterocycles. The molecule has 0 aliphatic carbocycles. The maximum absolute atomic E-state index is 10.9. The van der Waals surface area contributed by atoms with E-state index in [-0.39, 0.29) is 24.5 Å². The maximum Gasteiger partial charge on any atom is 0.342 e. The van der Waals surface area contributed by atoms with Gasteiger partial charge < -0.3 is 14.9 Å². The molecule has 0 aliphatic rings. The molecule has 0 atom stereocenters. The normalized spacial score (nSPS) is 10.4. The van der Waals surface area contributed by atoms with Crippen molar-refractivity contribution in [2.75, 3.05) is 0 Å². The second-order valence-electron chi connectivity index (χ2n) is 4.54. The molecule has 2 N–H and O–H groups in total. The Labute approximate surface area is 125 Å². The Morgan fingerprint density at radius 3 is 2.45 bits per heavy atom. The molecule has 7 heteroatoms. The zero-order valence-electron chi connectivity index (χ0n) is 11.4. The van der Waals surface area contributed by atoms with Crippen LogP contribution in [0.25, 0.3) is 0 Å². The summed E-state index contributed by atoms with van der Waals surface area (Å²) in [5.74, 6) is -1.82. The fourth-order valence-corrected chi connectivity index (χ4v) is 1.91. The number of carboxylic acid groups (broad SMARTS) is 1. The molecule has 22 heavy (non-hydrogen) atoms. The number of benzene rings is 2. The van der Waals surface area contributed by atoms with E-state index in [1.807, 2.05) is 30.3 Å². The third kappa shape index (κ3) is 3.58. The molecule has 2 aromatic carbocycles. The lowest BCUT2D eigenvalue weighted by atomic mass is 10.1. The van der Waals surface area contributed by atoms with Gasteiger partial charge in [0.15, 0.2) is 0 Å². The Hall–Kier alpha value is -2.93. The summed E-state index contributed by atoms with van der Waals surface area (Å²) < 4.78 is 5.39. The molecular formula is C15H13NO6. The van der Waals surface area contributed by atoms with E-state index >= 15 is 0 Å². The van der Waals surface area contributed by atoms with Crippen molar-refractivity contribution in [3.05, 3.63) is 69.3 Å². The molecule has 0 heterocycles. The first-order valence-electron chi connectivity index (χ1n) is 6.34. The minimum absolute atomic E-state index is 0.0680. The molecule has 0 amide bonds. The highest BCUT2D eigenvalue weighted by Crippen LogP contribution is 2.28. The van der Waals surface area contributed by atoms with Crippen LogP contribution in [0.4, 0.5) is 5.69 Å². The molecule has 0 fully saturated rings. The Balaban J connectivity index is 2.15. The molecule has 0 saturated carbocycles. The molecule has 2 aromatic rings. The van der Waals surface area contributed by atoms with Crippen LogP contribution in [-0.4, -0.2) is 21.1 Å². The molecule has 0 radical (unpaired) electrons. The van der Waals surface area contributed by atoms with Crippen molar-refractivity contribution in [2.24, 2.45) is 0 Å². The Kier molecular flexibility index (Phi) is 4.70. The van der Waals surface area contributed by atoms with E-state index in [2.05, 4.69) is 0 Å². The molecule has 114 valence electrons. The van der Waals surface area contributed by atoms with E-state index in [0.717, 1.165) is 17.7 Å². The average Bonchev–Trinajstić information content (AvgIpc) is 2.49. The summed E-state index contributed by atoms with van der Waals surface area (Å²) in [5, 5.41) is 29.6. The standard InChI is InChI=1S/C15H13NO6/c17-14-7-12(15(18)19)13(16(20)21)6-11(14)9-22-8-10-4-2-1-3-5-10/h1-7,17H,8-9H2,(H,18,19). The van der Waals surface area contributed by atoms with Crippen LogP contribution in [0.1, 0.15) is 21.5 Å². The van der Waals surface area contributed by atoms with Crippen molar-refractivity contribution in [1.29, 1.82) is 0 Å². The lowest BCUT2D eigenvalue weighted by Crippen LogP contribution is -2.04. The number of nitro benzene ring substituents is 1. The van der Waals surface area contributed by atoms with Gasteiger partial charge in [-0.3, -0.25) is 10.1 Å². The first-order valence-corrected chi connectivity index (χ1v) is 6.34. The van der Waals surface area contributed by atoms with E-state index in [4.69, 9.17) is 9.84 Å². The van der Waals surface area contributed by atoms with Crippen LogP contribution in [0.5, 0.6) is 5.75 Å². The van der Waals surface area contributed by atoms with Crippen LogP contribution in [0.2, 0.25) is 0 Å². The number of aromatic hydroxyl groups is 1. The van der Waals surface area contributed by atoms with Crippen LogP contribution < -0.4 is 0 Å². The van der Waals surface area contributed by atoms with E-state index in [9.17, 15) is 20.0 Å². The van der Waals surface area contributed by atoms with E-state index in [1.165, 1.54) is 0 Å². The van der Waals surface area contributed by atoms with Gasteiger partial charge in [0.2, 0.25) is 0 Å². The lowest BCUT2D eigenvalue weighted by Gasteiger charge is -2.08. The smallest absolute Gasteiger partial charge is 0.342 e. The maximum atomic E-state index is 10.9. The van der Waals surface area contributed by atoms with Gasteiger partial charge in [0, 0.05) is 17.7 Å². The van der Waals surface area contributed by atoms with Gasteiger partial charge >= 0.3 is 5.97 Å². The Morgan fingerprint density at radius 2 is 1.86 bits per heavy atom. The number of carboxylic acids is 1. The topological polar surface area (TPSA) is 110 Å². The molecular weight excluding hydrogens is 290 g/mol. The molecule has 7 nitrogen and oxygen atoms in total. The number of aromatic carboxylic acids is 1. The highest BCUT2D eigenvalue weighted by molar-refractivity contribution is 5.93. The van der Waals surface area contributed by atoms with Crippen molar-refractivity contribution in [1.82, 2.24) is 0 Å². The number of ether oxygens (including phenoxy) is 1. The van der Waals surface area contributed by atoms with Crippen LogP contribution in [-0.2, 0) is 18.0 Å². The van der Waals surface area contributed by atoms with Crippen molar-refractivity contribution >= 4 is 11.7 Å². The molecule has 0 spiro atoms. The van der Waals surface area contributed by atoms with Gasteiger partial charge in [-0.1, -0.05) is 30.3 Å². The number of rotatable bonds is 6. The molecule has 2 rings (SSSR count). The number of hydrogen-bond acceptors (Lipinski definition) is 5. The zero-order valence-corrected chi connectivity index (χ0v) is 11.4. The zero-order chi connectivity index (χ0) is 16.1. The first-order chi connectivity index (χ1) is 10.5. The molecule has 0 unspecified atom stereocenters. The number of nitrogens with zero attached hydrogens (tertiary/aromatic N) is 1. The summed E-state index contributed by atoms with van der Waals surface area (Å²) in [4.78, 5) is 21.0. The largest absolute Gasteiger partial charge is 0.508 e. The van der Waals surface area contributed by atoms with E-state index < -0.39 is 22.1 Å². The van der Waals surface area contributed by atoms with E-state index in [1.54, 1.807) is 0 Å². The SMILES string of the molecule is O=C(O)c1cc(O)c(COCc2ccccc2)cc1[N+](=O)[O-]. The van der Waals surface area contributed by atoms with Gasteiger partial charge in [0.25, 0.3) is 5.69 Å². The second kappa shape index (κ2) is 6.68. The van der Waals surface area contributed by atoms with Crippen molar-refractivity contribution in [3.8, 4) is 5.75 Å². The Morgan fingerprint density at radius 1 is 1.18 bits per heavy atom. The average molecular weight is 303 g/mol. The van der Waals surface area contributed by atoms with Gasteiger partial charge in [-0.05, 0) is 5.56 Å². The summed E-state index contributed by atoms with van der Waals surface area (Å²) in [6.45, 7) is 0.205. The summed E-state index contributed by atoms with van der Waals surface area (Å²) >= 11 is 0. The quantitative estimate of drug-likeness (QED) is 0.627. The summed E-state index contributed by atoms with van der Waals surface area (Å²) in [7, 11) is 0. The first kappa shape index (κ1) is 15.5. The van der Waals surface area contributed by atoms with Gasteiger partial charge in [-0.15, -0.1) is 0 Å². The highest BCUT2D eigenvalue weighted by Gasteiger charge is 2.22. The Bertz CT molecular complexity index is 699. The minimum Gasteiger partial charge on any atom is -0.508 e. The number of nitro groups is 1. The van der Waals surface area contributed by atoms with Crippen molar-refractivity contribution < 1.29 is 24.7 Å². The number of phenols is 1. The third-order valence-electron chi connectivity index (χ3n) is 2.99. The fraction of sp³-hybridized carbons (Fsp3) is 0.133. The summed E-state index contributed by atoms with van der Waals surface area (Å²) in [6.07, 6.45) is 0. The second-order valence-corrected chi connectivity index (χ2v) is 4.54. The van der Waals surface area contributed by atoms with Crippen LogP contribution in [0.15, 0.2) is 42.5 Å². The predicted molar refractivity (Wildman–Crippen MR) is 76.7 cm³/mol. The van der Waals surface area contributed by atoms with Gasteiger partial charge in [-0.25, -0.2) is 4.79 Å². The third-order valence-corrected chi connectivity index (χ3v) is 2.99. The summed E-state index contributed by atoms with van der Waals surface area (Å²) in [5.41, 5.74) is -0.0656. The fourth-order valence-electron chi connectivity index (χ4n) is 1.91. The molecule has 0 bridgehead atoms. The van der Waals surface area contributed by atoms with Gasteiger partial charge in [0.05, 0.1) is 18.1 Å². The number of carbonyl (C=O) groups is 1. The molecule has 0 aromatic heterocycles. The highest BCUT2D eigenvalue weighted by atomic mass is 16.6. The van der Waals surface area contributed by atoms with Gasteiger partial charge in [-0.2, -0.15) is 0 Å². The van der Waals surface area contributed by atoms with Crippen molar-refractivity contribution in [3.63, 3.8) is 0 Å². The van der Waals surface area contributed by atoms with Gasteiger partial charge in [0.1, 0.15) is 11.3 Å². The molecule has 0 aliphatic heterocycles.